The molecule has 0 aliphatic heterocycles. The Bertz CT molecular complexity index is 433. The second kappa shape index (κ2) is 7.09. The molecule has 1 aromatic rings. The molecule has 1 N–H and O–H groups in total. The molecular weight excluding hydrogens is 250 g/mol. The average molecular weight is 277 g/mol. The largest absolute Gasteiger partial charge is 0.487 e. The van der Waals surface area contributed by atoms with Crippen LogP contribution in [-0.4, -0.2) is 31.4 Å². The van der Waals surface area contributed by atoms with Gasteiger partial charge in [-0.1, -0.05) is 31.5 Å². The fraction of sp³-hybridized carbons (Fsp3) is 0.647. The molecule has 0 amide bonds. The van der Waals surface area contributed by atoms with Crippen molar-refractivity contribution in [3.8, 4) is 5.75 Å². The van der Waals surface area contributed by atoms with Crippen LogP contribution in [0.25, 0.3) is 0 Å². The molecule has 1 aliphatic rings. The maximum absolute atomic E-state index is 6.16. The molecule has 1 fully saturated rings. The first-order valence-corrected chi connectivity index (χ1v) is 7.74. The minimum absolute atomic E-state index is 0.173. The van der Waals surface area contributed by atoms with Crippen LogP contribution < -0.4 is 10.1 Å². The second-order valence-corrected chi connectivity index (χ2v) is 5.66. The van der Waals surface area contributed by atoms with Crippen LogP contribution in [0.4, 0.5) is 0 Å². The summed E-state index contributed by atoms with van der Waals surface area (Å²) in [5.74, 6) is 0.987. The molecule has 0 spiro atoms. The number of rotatable bonds is 7. The highest BCUT2D eigenvalue weighted by molar-refractivity contribution is 5.36. The number of ether oxygens (including phenoxy) is 2. The molecule has 3 heteroatoms. The summed E-state index contributed by atoms with van der Waals surface area (Å²) in [7, 11) is 0. The van der Waals surface area contributed by atoms with Gasteiger partial charge >= 0.3 is 0 Å². The van der Waals surface area contributed by atoms with Gasteiger partial charge in [0, 0.05) is 19.1 Å². The van der Waals surface area contributed by atoms with Crippen LogP contribution in [0.1, 0.15) is 37.8 Å². The quantitative estimate of drug-likeness (QED) is 0.830. The molecule has 1 aromatic carbocycles. The number of nitrogens with one attached hydrogen (secondary N) is 1. The van der Waals surface area contributed by atoms with Crippen molar-refractivity contribution in [2.24, 2.45) is 0 Å². The SMILES string of the molecule is CCCOC1C(NCC)CC1Oc1ccc(C)cc1C. The van der Waals surface area contributed by atoms with Crippen molar-refractivity contribution in [1.29, 1.82) is 0 Å². The minimum atomic E-state index is 0.173. The predicted octanol–water partition coefficient (Wildman–Crippen LogP) is 3.23. The minimum Gasteiger partial charge on any atom is -0.487 e. The highest BCUT2D eigenvalue weighted by atomic mass is 16.5. The van der Waals surface area contributed by atoms with Gasteiger partial charge in [0.1, 0.15) is 18.0 Å². The smallest absolute Gasteiger partial charge is 0.128 e. The predicted molar refractivity (Wildman–Crippen MR) is 82.4 cm³/mol. The van der Waals surface area contributed by atoms with E-state index in [1.165, 1.54) is 11.1 Å². The highest BCUT2D eigenvalue weighted by Gasteiger charge is 2.43. The number of likely N-dealkylation sites (N-methyl/N-ethyl adjacent to an activating group) is 1. The van der Waals surface area contributed by atoms with Crippen LogP contribution in [0.5, 0.6) is 5.75 Å². The molecule has 3 atom stereocenters. The van der Waals surface area contributed by atoms with E-state index < -0.39 is 0 Å². The van der Waals surface area contributed by atoms with Gasteiger partial charge in [-0.3, -0.25) is 0 Å². The van der Waals surface area contributed by atoms with Crippen molar-refractivity contribution < 1.29 is 9.47 Å². The summed E-state index contributed by atoms with van der Waals surface area (Å²) in [5.41, 5.74) is 2.47. The van der Waals surface area contributed by atoms with Gasteiger partial charge in [-0.15, -0.1) is 0 Å². The van der Waals surface area contributed by atoms with Crippen LogP contribution in [0.3, 0.4) is 0 Å². The van der Waals surface area contributed by atoms with Crippen LogP contribution in [0.2, 0.25) is 0 Å². The maximum Gasteiger partial charge on any atom is 0.128 e. The maximum atomic E-state index is 6.16. The van der Waals surface area contributed by atoms with E-state index in [4.69, 9.17) is 9.47 Å². The third-order valence-electron chi connectivity index (χ3n) is 3.84. The number of benzene rings is 1. The number of aryl methyl sites for hydroxylation is 2. The van der Waals surface area contributed by atoms with E-state index in [-0.39, 0.29) is 12.2 Å². The van der Waals surface area contributed by atoms with E-state index in [0.717, 1.165) is 31.7 Å². The molecular formula is C17H27NO2. The van der Waals surface area contributed by atoms with E-state index in [2.05, 4.69) is 51.2 Å². The molecule has 1 saturated carbocycles. The summed E-state index contributed by atoms with van der Waals surface area (Å²) in [6.45, 7) is 10.3. The van der Waals surface area contributed by atoms with Crippen molar-refractivity contribution in [1.82, 2.24) is 5.32 Å². The Kier molecular flexibility index (Phi) is 5.44. The Balaban J connectivity index is 1.97. The summed E-state index contributed by atoms with van der Waals surface area (Å²) in [4.78, 5) is 0. The molecule has 0 bridgehead atoms. The normalized spacial score (nSPS) is 25.3. The molecule has 3 unspecified atom stereocenters. The van der Waals surface area contributed by atoms with E-state index in [1.807, 2.05) is 0 Å². The van der Waals surface area contributed by atoms with Crippen LogP contribution in [0.15, 0.2) is 18.2 Å². The summed E-state index contributed by atoms with van der Waals surface area (Å²) < 4.78 is 12.1. The van der Waals surface area contributed by atoms with Crippen molar-refractivity contribution in [2.45, 2.75) is 58.8 Å². The fourth-order valence-electron chi connectivity index (χ4n) is 2.73. The summed E-state index contributed by atoms with van der Waals surface area (Å²) in [6, 6.07) is 6.77. The van der Waals surface area contributed by atoms with Crippen molar-refractivity contribution in [2.75, 3.05) is 13.2 Å². The third-order valence-corrected chi connectivity index (χ3v) is 3.84. The molecule has 0 radical (unpaired) electrons. The molecule has 0 saturated heterocycles. The molecule has 20 heavy (non-hydrogen) atoms. The van der Waals surface area contributed by atoms with Gasteiger partial charge in [0.25, 0.3) is 0 Å². The Hall–Kier alpha value is -1.06. The van der Waals surface area contributed by atoms with Crippen LogP contribution >= 0.6 is 0 Å². The van der Waals surface area contributed by atoms with E-state index in [1.54, 1.807) is 0 Å². The fourth-order valence-corrected chi connectivity index (χ4v) is 2.73. The second-order valence-electron chi connectivity index (χ2n) is 5.66. The van der Waals surface area contributed by atoms with Gasteiger partial charge in [-0.05, 0) is 38.4 Å². The Morgan fingerprint density at radius 2 is 2.05 bits per heavy atom. The summed E-state index contributed by atoms with van der Waals surface area (Å²) in [5, 5.41) is 3.48. The van der Waals surface area contributed by atoms with Gasteiger partial charge in [-0.2, -0.15) is 0 Å². The first-order chi connectivity index (χ1) is 9.65. The number of hydrogen-bond donors (Lipinski definition) is 1. The molecule has 3 nitrogen and oxygen atoms in total. The molecule has 112 valence electrons. The number of hydrogen-bond acceptors (Lipinski definition) is 3. The molecule has 0 heterocycles. The first kappa shape index (κ1) is 15.3. The van der Waals surface area contributed by atoms with Gasteiger partial charge in [-0.25, -0.2) is 0 Å². The summed E-state index contributed by atoms with van der Waals surface area (Å²) in [6.07, 6.45) is 2.42. The average Bonchev–Trinajstić information content (AvgIpc) is 2.40. The zero-order valence-electron chi connectivity index (χ0n) is 13.1. The standard InChI is InChI=1S/C17H27NO2/c1-5-9-19-17-14(18-6-2)11-16(17)20-15-8-7-12(3)10-13(15)4/h7-8,10,14,16-18H,5-6,9,11H2,1-4H3. The lowest BCUT2D eigenvalue weighted by Gasteiger charge is -2.44. The topological polar surface area (TPSA) is 30.5 Å². The Morgan fingerprint density at radius 3 is 2.70 bits per heavy atom. The Morgan fingerprint density at radius 1 is 1.25 bits per heavy atom. The first-order valence-electron chi connectivity index (χ1n) is 7.74. The highest BCUT2D eigenvalue weighted by Crippen LogP contribution is 2.31. The zero-order valence-corrected chi connectivity index (χ0v) is 13.1. The van der Waals surface area contributed by atoms with Crippen molar-refractivity contribution in [3.05, 3.63) is 29.3 Å². The monoisotopic (exact) mass is 277 g/mol. The lowest BCUT2D eigenvalue weighted by molar-refractivity contribution is -0.107. The van der Waals surface area contributed by atoms with Crippen LogP contribution in [0, 0.1) is 13.8 Å². The lowest BCUT2D eigenvalue weighted by atomic mass is 9.85. The van der Waals surface area contributed by atoms with Crippen LogP contribution in [-0.2, 0) is 4.74 Å². The molecule has 1 aliphatic carbocycles. The van der Waals surface area contributed by atoms with Gasteiger partial charge in [0.15, 0.2) is 0 Å². The molecule has 2 rings (SSSR count). The van der Waals surface area contributed by atoms with Gasteiger partial charge < -0.3 is 14.8 Å². The van der Waals surface area contributed by atoms with Crippen molar-refractivity contribution in [3.63, 3.8) is 0 Å². The zero-order chi connectivity index (χ0) is 14.5. The molecule has 0 aromatic heterocycles. The summed E-state index contributed by atoms with van der Waals surface area (Å²) >= 11 is 0. The van der Waals surface area contributed by atoms with Gasteiger partial charge in [0.05, 0.1) is 0 Å². The van der Waals surface area contributed by atoms with Gasteiger partial charge in [0.2, 0.25) is 0 Å². The van der Waals surface area contributed by atoms with E-state index >= 15 is 0 Å². The van der Waals surface area contributed by atoms with E-state index in [9.17, 15) is 0 Å². The third kappa shape index (κ3) is 3.53. The van der Waals surface area contributed by atoms with Crippen molar-refractivity contribution >= 4 is 0 Å². The van der Waals surface area contributed by atoms with E-state index in [0.29, 0.717) is 6.04 Å². The Labute approximate surface area is 122 Å². The lowest BCUT2D eigenvalue weighted by Crippen LogP contribution is -2.61.